The molecule has 0 spiro atoms. The van der Waals surface area contributed by atoms with Gasteiger partial charge in [-0.2, -0.15) is 5.10 Å². The van der Waals surface area contributed by atoms with Crippen LogP contribution in [0.15, 0.2) is 23.3 Å². The first-order valence-corrected chi connectivity index (χ1v) is 7.34. The Labute approximate surface area is 124 Å². The molecule has 2 aliphatic heterocycles. The van der Waals surface area contributed by atoms with Crippen LogP contribution in [0, 0.1) is 5.92 Å². The Hall–Kier alpha value is -2.17. The highest BCUT2D eigenvalue weighted by atomic mass is 16.2. The van der Waals surface area contributed by atoms with Crippen LogP contribution in [0.5, 0.6) is 0 Å². The Morgan fingerprint density at radius 3 is 2.95 bits per heavy atom. The van der Waals surface area contributed by atoms with Crippen LogP contribution in [0.1, 0.15) is 37.8 Å². The second-order valence-corrected chi connectivity index (χ2v) is 5.75. The molecule has 1 atom stereocenters. The molecule has 110 valence electrons. The molecule has 0 aliphatic carbocycles. The molecule has 1 unspecified atom stereocenters. The summed E-state index contributed by atoms with van der Waals surface area (Å²) >= 11 is 0. The van der Waals surface area contributed by atoms with Gasteiger partial charge in [-0.1, -0.05) is 13.0 Å². The minimum absolute atomic E-state index is 0.0352. The molecule has 0 bridgehead atoms. The van der Waals surface area contributed by atoms with Gasteiger partial charge in [0.2, 0.25) is 11.8 Å². The predicted octanol–water partition coefficient (Wildman–Crippen LogP) is 1.85. The van der Waals surface area contributed by atoms with E-state index in [4.69, 9.17) is 0 Å². The average molecular weight is 285 g/mol. The summed E-state index contributed by atoms with van der Waals surface area (Å²) in [6, 6.07) is 6.10. The van der Waals surface area contributed by atoms with Crippen molar-refractivity contribution in [2.24, 2.45) is 11.0 Å². The maximum Gasteiger partial charge on any atom is 0.240 e. The lowest BCUT2D eigenvalue weighted by atomic mass is 9.91. The Morgan fingerprint density at radius 2 is 2.24 bits per heavy atom. The van der Waals surface area contributed by atoms with Crippen molar-refractivity contribution in [3.63, 3.8) is 0 Å². The highest BCUT2D eigenvalue weighted by molar-refractivity contribution is 6.06. The van der Waals surface area contributed by atoms with Crippen LogP contribution in [0.25, 0.3) is 0 Å². The molecule has 2 amide bonds. The molecule has 1 aromatic rings. The van der Waals surface area contributed by atoms with Gasteiger partial charge in [0.25, 0.3) is 0 Å². The number of hydrogen-bond donors (Lipinski definition) is 1. The van der Waals surface area contributed by atoms with E-state index in [1.807, 2.05) is 24.0 Å². The van der Waals surface area contributed by atoms with E-state index in [2.05, 4.69) is 16.6 Å². The molecule has 2 heterocycles. The van der Waals surface area contributed by atoms with E-state index in [-0.39, 0.29) is 17.7 Å². The van der Waals surface area contributed by atoms with Crippen LogP contribution in [0.4, 0.5) is 5.69 Å². The van der Waals surface area contributed by atoms with E-state index in [1.54, 1.807) is 6.92 Å². The zero-order chi connectivity index (χ0) is 15.0. The fourth-order valence-corrected chi connectivity index (χ4v) is 3.09. The number of hydrogen-bond acceptors (Lipinski definition) is 3. The SMILES string of the molecule is CC(=O)N1CCCc2cc(C3=NNC(=O)CC3C)ccc21. The molecule has 5 nitrogen and oxygen atoms in total. The van der Waals surface area contributed by atoms with Crippen molar-refractivity contribution in [1.82, 2.24) is 5.43 Å². The lowest BCUT2D eigenvalue weighted by Gasteiger charge is -2.29. The largest absolute Gasteiger partial charge is 0.312 e. The normalized spacial score (nSPS) is 21.4. The van der Waals surface area contributed by atoms with Crippen LogP contribution in [-0.2, 0) is 16.0 Å². The minimum atomic E-state index is -0.0352. The first kappa shape index (κ1) is 13.8. The van der Waals surface area contributed by atoms with Gasteiger partial charge in [-0.3, -0.25) is 9.59 Å². The molecular formula is C16H19N3O2. The van der Waals surface area contributed by atoms with Gasteiger partial charge in [-0.05, 0) is 36.1 Å². The summed E-state index contributed by atoms with van der Waals surface area (Å²) in [6.45, 7) is 4.40. The van der Waals surface area contributed by atoms with Gasteiger partial charge in [0.15, 0.2) is 0 Å². The van der Waals surface area contributed by atoms with E-state index in [0.717, 1.165) is 36.3 Å². The van der Waals surface area contributed by atoms with Crippen molar-refractivity contribution >= 4 is 23.2 Å². The van der Waals surface area contributed by atoms with Crippen molar-refractivity contribution < 1.29 is 9.59 Å². The summed E-state index contributed by atoms with van der Waals surface area (Å²) < 4.78 is 0. The first-order valence-electron chi connectivity index (χ1n) is 7.34. The zero-order valence-electron chi connectivity index (χ0n) is 12.3. The maximum absolute atomic E-state index is 11.7. The van der Waals surface area contributed by atoms with Gasteiger partial charge in [-0.15, -0.1) is 0 Å². The molecule has 1 N–H and O–H groups in total. The number of amides is 2. The predicted molar refractivity (Wildman–Crippen MR) is 81.3 cm³/mol. The molecule has 21 heavy (non-hydrogen) atoms. The van der Waals surface area contributed by atoms with E-state index in [0.29, 0.717) is 6.42 Å². The molecule has 0 saturated heterocycles. The van der Waals surface area contributed by atoms with Crippen molar-refractivity contribution in [2.45, 2.75) is 33.1 Å². The number of benzene rings is 1. The number of carbonyl (C=O) groups excluding carboxylic acids is 2. The maximum atomic E-state index is 11.7. The lowest BCUT2D eigenvalue weighted by Crippen LogP contribution is -2.34. The minimum Gasteiger partial charge on any atom is -0.312 e. The molecule has 0 radical (unpaired) electrons. The second kappa shape index (κ2) is 5.31. The average Bonchev–Trinajstić information content (AvgIpc) is 2.46. The number of nitrogens with zero attached hydrogens (tertiary/aromatic N) is 2. The molecule has 2 aliphatic rings. The smallest absolute Gasteiger partial charge is 0.240 e. The highest BCUT2D eigenvalue weighted by Crippen LogP contribution is 2.29. The number of hydrazone groups is 1. The summed E-state index contributed by atoms with van der Waals surface area (Å²) in [5.41, 5.74) is 6.69. The van der Waals surface area contributed by atoms with E-state index < -0.39 is 0 Å². The third-order valence-corrected chi connectivity index (χ3v) is 4.13. The molecule has 1 aromatic carbocycles. The van der Waals surface area contributed by atoms with Crippen LogP contribution in [-0.4, -0.2) is 24.1 Å². The number of nitrogens with one attached hydrogen (secondary N) is 1. The molecule has 5 heteroatoms. The third-order valence-electron chi connectivity index (χ3n) is 4.13. The number of aryl methyl sites for hydroxylation is 1. The molecule has 0 saturated carbocycles. The quantitative estimate of drug-likeness (QED) is 0.856. The summed E-state index contributed by atoms with van der Waals surface area (Å²) in [4.78, 5) is 24.9. The molecular weight excluding hydrogens is 266 g/mol. The van der Waals surface area contributed by atoms with Gasteiger partial charge in [0.1, 0.15) is 0 Å². The van der Waals surface area contributed by atoms with Gasteiger partial charge in [0.05, 0.1) is 5.71 Å². The van der Waals surface area contributed by atoms with Gasteiger partial charge in [-0.25, -0.2) is 5.43 Å². The van der Waals surface area contributed by atoms with Gasteiger partial charge < -0.3 is 4.90 Å². The summed E-state index contributed by atoms with van der Waals surface area (Å²) in [5.74, 6) is 0.163. The fourth-order valence-electron chi connectivity index (χ4n) is 3.09. The number of anilines is 1. The van der Waals surface area contributed by atoms with Crippen molar-refractivity contribution in [3.8, 4) is 0 Å². The van der Waals surface area contributed by atoms with E-state index in [1.165, 1.54) is 5.56 Å². The van der Waals surface area contributed by atoms with E-state index >= 15 is 0 Å². The number of rotatable bonds is 1. The Kier molecular flexibility index (Phi) is 3.49. The van der Waals surface area contributed by atoms with Crippen LogP contribution in [0.3, 0.4) is 0 Å². The fraction of sp³-hybridized carbons (Fsp3) is 0.438. The Morgan fingerprint density at radius 1 is 1.43 bits per heavy atom. The van der Waals surface area contributed by atoms with Crippen LogP contribution >= 0.6 is 0 Å². The van der Waals surface area contributed by atoms with Crippen LogP contribution in [0.2, 0.25) is 0 Å². The van der Waals surface area contributed by atoms with Crippen molar-refractivity contribution in [1.29, 1.82) is 0 Å². The number of carbonyl (C=O) groups is 2. The zero-order valence-corrected chi connectivity index (χ0v) is 12.3. The molecule has 0 fully saturated rings. The van der Waals surface area contributed by atoms with Crippen LogP contribution < -0.4 is 10.3 Å². The first-order chi connectivity index (χ1) is 10.1. The van der Waals surface area contributed by atoms with Crippen molar-refractivity contribution in [2.75, 3.05) is 11.4 Å². The second-order valence-electron chi connectivity index (χ2n) is 5.75. The third kappa shape index (κ3) is 2.55. The number of fused-ring (bicyclic) bond motifs is 1. The van der Waals surface area contributed by atoms with E-state index in [9.17, 15) is 9.59 Å². The molecule has 3 rings (SSSR count). The highest BCUT2D eigenvalue weighted by Gasteiger charge is 2.24. The topological polar surface area (TPSA) is 61.8 Å². The monoisotopic (exact) mass is 285 g/mol. The lowest BCUT2D eigenvalue weighted by molar-refractivity contribution is -0.122. The Balaban J connectivity index is 1.97. The van der Waals surface area contributed by atoms with Gasteiger partial charge in [0, 0.05) is 31.5 Å². The summed E-state index contributed by atoms with van der Waals surface area (Å²) in [7, 11) is 0. The molecule has 0 aromatic heterocycles. The van der Waals surface area contributed by atoms with Gasteiger partial charge >= 0.3 is 0 Å². The summed E-state index contributed by atoms with van der Waals surface area (Å²) in [5, 5.41) is 4.20. The Bertz CT molecular complexity index is 636. The standard InChI is InChI=1S/C16H19N3O2/c1-10-8-15(21)17-18-16(10)13-5-6-14-12(9-13)4-3-7-19(14)11(2)20/h5-6,9-10H,3-4,7-8H2,1-2H3,(H,17,21). The summed E-state index contributed by atoms with van der Waals surface area (Å²) in [6.07, 6.45) is 2.42. The van der Waals surface area contributed by atoms with Crippen molar-refractivity contribution in [3.05, 3.63) is 29.3 Å².